The third-order valence-electron chi connectivity index (χ3n) is 2.84. The summed E-state index contributed by atoms with van der Waals surface area (Å²) in [6.07, 6.45) is 0. The first-order valence-corrected chi connectivity index (χ1v) is 7.51. The monoisotopic (exact) mass is 350 g/mol. The van der Waals surface area contributed by atoms with Crippen LogP contribution in [0.3, 0.4) is 0 Å². The third-order valence-corrected chi connectivity index (χ3v) is 3.29. The Morgan fingerprint density at radius 3 is 2.65 bits per heavy atom. The summed E-state index contributed by atoms with van der Waals surface area (Å²) in [5.41, 5.74) is 1.37. The number of benzene rings is 2. The van der Waals surface area contributed by atoms with E-state index >= 15 is 0 Å². The van der Waals surface area contributed by atoms with Crippen LogP contribution < -0.4 is 15.4 Å². The summed E-state index contributed by atoms with van der Waals surface area (Å²) < 4.78 is 5.31. The minimum Gasteiger partial charge on any atom is -0.506 e. The average molecular weight is 351 g/mol. The van der Waals surface area contributed by atoms with Gasteiger partial charge in [0.05, 0.1) is 5.69 Å². The van der Waals surface area contributed by atoms with E-state index in [0.29, 0.717) is 16.5 Å². The molecule has 2 aromatic rings. The van der Waals surface area contributed by atoms with E-state index in [9.17, 15) is 9.90 Å². The quantitative estimate of drug-likeness (QED) is 0.583. The van der Waals surface area contributed by atoms with Crippen molar-refractivity contribution in [3.8, 4) is 11.5 Å². The lowest BCUT2D eigenvalue weighted by molar-refractivity contribution is -0.121. The van der Waals surface area contributed by atoms with Gasteiger partial charge in [-0.1, -0.05) is 17.7 Å². The number of rotatable bonds is 4. The number of amides is 1. The molecular formula is C16H15ClN2O3S. The second-order valence-electron chi connectivity index (χ2n) is 4.77. The number of halogens is 1. The number of thiocarbonyl (C=S) groups is 1. The molecule has 3 N–H and O–H groups in total. The molecule has 0 fully saturated rings. The number of anilines is 1. The molecule has 0 saturated carbocycles. The highest BCUT2D eigenvalue weighted by molar-refractivity contribution is 7.80. The molecule has 1 amide bonds. The maximum atomic E-state index is 11.8. The van der Waals surface area contributed by atoms with Gasteiger partial charge >= 0.3 is 0 Å². The topological polar surface area (TPSA) is 70.6 Å². The Morgan fingerprint density at radius 2 is 1.96 bits per heavy atom. The highest BCUT2D eigenvalue weighted by Gasteiger charge is 2.08. The van der Waals surface area contributed by atoms with Gasteiger partial charge < -0.3 is 15.2 Å². The Morgan fingerprint density at radius 1 is 1.26 bits per heavy atom. The summed E-state index contributed by atoms with van der Waals surface area (Å²) in [6, 6.07) is 11.7. The minimum absolute atomic E-state index is 0.0459. The van der Waals surface area contributed by atoms with Crippen LogP contribution in [-0.4, -0.2) is 22.7 Å². The molecule has 0 aliphatic heterocycles. The second kappa shape index (κ2) is 7.80. The summed E-state index contributed by atoms with van der Waals surface area (Å²) >= 11 is 10.8. The van der Waals surface area contributed by atoms with Crippen LogP contribution in [0.1, 0.15) is 5.56 Å². The average Bonchev–Trinajstić information content (AvgIpc) is 2.50. The van der Waals surface area contributed by atoms with Crippen molar-refractivity contribution in [3.05, 3.63) is 53.1 Å². The molecule has 0 spiro atoms. The van der Waals surface area contributed by atoms with Crippen molar-refractivity contribution in [2.24, 2.45) is 0 Å². The maximum Gasteiger partial charge on any atom is 0.264 e. The molecule has 7 heteroatoms. The van der Waals surface area contributed by atoms with Gasteiger partial charge in [-0.05, 0) is 61.1 Å². The van der Waals surface area contributed by atoms with E-state index in [0.717, 1.165) is 5.56 Å². The lowest BCUT2D eigenvalue weighted by atomic mass is 10.2. The fourth-order valence-corrected chi connectivity index (χ4v) is 2.10. The van der Waals surface area contributed by atoms with E-state index in [1.165, 1.54) is 0 Å². The number of carbonyl (C=O) groups is 1. The number of aromatic hydroxyl groups is 1. The van der Waals surface area contributed by atoms with E-state index in [1.54, 1.807) is 42.5 Å². The van der Waals surface area contributed by atoms with Crippen LogP contribution in [0.4, 0.5) is 5.69 Å². The number of phenols is 1. The molecule has 0 aliphatic carbocycles. The molecule has 0 radical (unpaired) electrons. The largest absolute Gasteiger partial charge is 0.506 e. The maximum absolute atomic E-state index is 11.8. The van der Waals surface area contributed by atoms with Gasteiger partial charge in [-0.15, -0.1) is 0 Å². The Hall–Kier alpha value is -2.31. The van der Waals surface area contributed by atoms with Crippen LogP contribution in [0.2, 0.25) is 5.02 Å². The Balaban J connectivity index is 1.83. The predicted octanol–water partition coefficient (Wildman–Crippen LogP) is 3.25. The first-order valence-electron chi connectivity index (χ1n) is 6.73. The Bertz CT molecular complexity index is 720. The lowest BCUT2D eigenvalue weighted by Gasteiger charge is -2.12. The summed E-state index contributed by atoms with van der Waals surface area (Å²) in [5.74, 6) is 0.161. The molecule has 0 atom stereocenters. The molecule has 0 aliphatic rings. The van der Waals surface area contributed by atoms with Gasteiger partial charge in [0, 0.05) is 5.02 Å². The predicted molar refractivity (Wildman–Crippen MR) is 94.2 cm³/mol. The first kappa shape index (κ1) is 17.1. The Labute approximate surface area is 144 Å². The van der Waals surface area contributed by atoms with Gasteiger partial charge in [-0.2, -0.15) is 0 Å². The van der Waals surface area contributed by atoms with Crippen LogP contribution in [0.15, 0.2) is 42.5 Å². The van der Waals surface area contributed by atoms with E-state index in [2.05, 4.69) is 10.6 Å². The highest BCUT2D eigenvalue weighted by Crippen LogP contribution is 2.23. The molecule has 23 heavy (non-hydrogen) atoms. The van der Waals surface area contributed by atoms with Crippen LogP contribution in [0.25, 0.3) is 0 Å². The van der Waals surface area contributed by atoms with Gasteiger partial charge in [0.2, 0.25) is 0 Å². The van der Waals surface area contributed by atoms with Crippen molar-refractivity contribution < 1.29 is 14.6 Å². The van der Waals surface area contributed by atoms with E-state index in [4.69, 9.17) is 28.6 Å². The molecule has 5 nitrogen and oxygen atoms in total. The molecule has 2 aromatic carbocycles. The van der Waals surface area contributed by atoms with Crippen molar-refractivity contribution >= 4 is 40.5 Å². The molecule has 0 bridgehead atoms. The summed E-state index contributed by atoms with van der Waals surface area (Å²) in [7, 11) is 0. The zero-order valence-electron chi connectivity index (χ0n) is 12.3. The highest BCUT2D eigenvalue weighted by atomic mass is 35.5. The zero-order chi connectivity index (χ0) is 16.8. The molecule has 0 heterocycles. The zero-order valence-corrected chi connectivity index (χ0v) is 13.9. The van der Waals surface area contributed by atoms with Crippen LogP contribution in [-0.2, 0) is 4.79 Å². The van der Waals surface area contributed by atoms with Gasteiger partial charge in [0.15, 0.2) is 11.7 Å². The fourth-order valence-electron chi connectivity index (χ4n) is 1.75. The fraction of sp³-hybridized carbons (Fsp3) is 0.125. The van der Waals surface area contributed by atoms with Crippen LogP contribution in [0.5, 0.6) is 11.5 Å². The van der Waals surface area contributed by atoms with E-state index in [1.807, 2.05) is 6.92 Å². The van der Waals surface area contributed by atoms with Gasteiger partial charge in [-0.25, -0.2) is 0 Å². The van der Waals surface area contributed by atoms with Gasteiger partial charge in [0.1, 0.15) is 11.5 Å². The van der Waals surface area contributed by atoms with E-state index < -0.39 is 5.91 Å². The number of hydrogen-bond donors (Lipinski definition) is 3. The molecule has 0 unspecified atom stereocenters. The number of aryl methyl sites for hydroxylation is 1. The molecule has 2 rings (SSSR count). The summed E-state index contributed by atoms with van der Waals surface area (Å²) in [4.78, 5) is 11.8. The van der Waals surface area contributed by atoms with Crippen molar-refractivity contribution in [2.45, 2.75) is 6.92 Å². The minimum atomic E-state index is -0.412. The van der Waals surface area contributed by atoms with Crippen LogP contribution >= 0.6 is 23.8 Å². The molecule has 0 aromatic heterocycles. The molecule has 0 saturated heterocycles. The van der Waals surface area contributed by atoms with E-state index in [-0.39, 0.29) is 17.5 Å². The second-order valence-corrected chi connectivity index (χ2v) is 5.61. The van der Waals surface area contributed by atoms with Gasteiger partial charge in [0.25, 0.3) is 5.91 Å². The van der Waals surface area contributed by atoms with Crippen LogP contribution in [0, 0.1) is 6.92 Å². The lowest BCUT2D eigenvalue weighted by Crippen LogP contribution is -2.37. The number of ether oxygens (including phenoxy) is 1. The molecular weight excluding hydrogens is 336 g/mol. The summed E-state index contributed by atoms with van der Waals surface area (Å²) in [6.45, 7) is 1.69. The SMILES string of the molecule is Cc1ccc(O)c(NC(=S)NC(=O)COc2ccc(Cl)cc2)c1. The Kier molecular flexibility index (Phi) is 5.78. The van der Waals surface area contributed by atoms with Crippen molar-refractivity contribution in [1.82, 2.24) is 5.32 Å². The number of carbonyl (C=O) groups excluding carboxylic acids is 1. The van der Waals surface area contributed by atoms with Crippen molar-refractivity contribution in [3.63, 3.8) is 0 Å². The smallest absolute Gasteiger partial charge is 0.264 e. The standard InChI is InChI=1S/C16H15ClN2O3S/c1-10-2-7-14(20)13(8-10)18-16(23)19-15(21)9-22-12-5-3-11(17)4-6-12/h2-8,20H,9H2,1H3,(H2,18,19,21,23). The number of nitrogens with one attached hydrogen (secondary N) is 2. The summed E-state index contributed by atoms with van der Waals surface area (Å²) in [5, 5.41) is 15.6. The first-order chi connectivity index (χ1) is 10.9. The van der Waals surface area contributed by atoms with Crippen molar-refractivity contribution in [1.29, 1.82) is 0 Å². The number of phenolic OH excluding ortho intramolecular Hbond substituents is 1. The van der Waals surface area contributed by atoms with Crippen molar-refractivity contribution in [2.75, 3.05) is 11.9 Å². The normalized spacial score (nSPS) is 10.0. The third kappa shape index (κ3) is 5.43. The van der Waals surface area contributed by atoms with Gasteiger partial charge in [-0.3, -0.25) is 10.1 Å². The molecule has 120 valence electrons. The number of hydrogen-bond acceptors (Lipinski definition) is 4.